The van der Waals surface area contributed by atoms with E-state index in [-0.39, 0.29) is 6.61 Å². The summed E-state index contributed by atoms with van der Waals surface area (Å²) in [6, 6.07) is 25.5. The van der Waals surface area contributed by atoms with Crippen LogP contribution in [0, 0.1) is 0 Å². The summed E-state index contributed by atoms with van der Waals surface area (Å²) in [6.45, 7) is -0.337. The number of halogens is 1. The summed E-state index contributed by atoms with van der Waals surface area (Å²) in [5, 5.41) is 9.38. The highest BCUT2D eigenvalue weighted by Gasteiger charge is 2.05. The molecule has 0 aromatic heterocycles. The highest BCUT2D eigenvalue weighted by Crippen LogP contribution is 2.27. The molecule has 142 valence electrons. The molecule has 0 saturated carbocycles. The molecule has 0 bridgehead atoms. The maximum Gasteiger partial charge on any atom is 0.341 e. The van der Waals surface area contributed by atoms with E-state index >= 15 is 0 Å². The van der Waals surface area contributed by atoms with Crippen molar-refractivity contribution in [2.75, 3.05) is 12.4 Å². The summed E-state index contributed by atoms with van der Waals surface area (Å²) in [7, 11) is 0. The molecule has 0 unspecified atom stereocenters. The van der Waals surface area contributed by atoms with Gasteiger partial charge in [0.1, 0.15) is 5.75 Å². The Morgan fingerprint density at radius 2 is 1.57 bits per heavy atom. The number of hydrogen-bond acceptors (Lipinski definition) is 3. The van der Waals surface area contributed by atoms with Crippen LogP contribution >= 0.6 is 23.4 Å². The first-order chi connectivity index (χ1) is 13.6. The third-order valence-corrected chi connectivity index (χ3v) is 5.15. The quantitative estimate of drug-likeness (QED) is 0.461. The molecular weight excluding hydrogens is 392 g/mol. The second kappa shape index (κ2) is 10.0. The Balaban J connectivity index is 1.71. The van der Waals surface area contributed by atoms with Gasteiger partial charge in [-0.2, -0.15) is 0 Å². The van der Waals surface area contributed by atoms with Crippen molar-refractivity contribution in [2.24, 2.45) is 0 Å². The summed E-state index contributed by atoms with van der Waals surface area (Å²) in [5.74, 6) is 0.356. The van der Waals surface area contributed by atoms with Crippen molar-refractivity contribution in [2.45, 2.75) is 4.90 Å². The molecule has 3 aromatic carbocycles. The van der Waals surface area contributed by atoms with Crippen molar-refractivity contribution in [3.05, 3.63) is 101 Å². The van der Waals surface area contributed by atoms with Crippen molar-refractivity contribution in [3.8, 4) is 5.75 Å². The fraction of sp³-hybridized carbons (Fsp3) is 0.0870. The van der Waals surface area contributed by atoms with E-state index in [2.05, 4.69) is 18.2 Å². The fourth-order valence-electron chi connectivity index (χ4n) is 2.65. The van der Waals surface area contributed by atoms with E-state index in [1.54, 1.807) is 23.9 Å². The van der Waals surface area contributed by atoms with Gasteiger partial charge in [-0.05, 0) is 53.1 Å². The van der Waals surface area contributed by atoms with Crippen LogP contribution in [0.3, 0.4) is 0 Å². The SMILES string of the molecule is O=C(O)COc1ccc(SCC=C(c2ccccc2)c2ccc(Cl)cc2)cc1. The van der Waals surface area contributed by atoms with Gasteiger partial charge in [0.05, 0.1) is 0 Å². The molecule has 0 aliphatic heterocycles. The van der Waals surface area contributed by atoms with Gasteiger partial charge in [0.25, 0.3) is 0 Å². The van der Waals surface area contributed by atoms with Crippen LogP contribution in [0.4, 0.5) is 0 Å². The molecule has 3 rings (SSSR count). The summed E-state index contributed by atoms with van der Waals surface area (Å²) in [6.07, 6.45) is 2.21. The monoisotopic (exact) mass is 410 g/mol. The molecule has 3 nitrogen and oxygen atoms in total. The van der Waals surface area contributed by atoms with Crippen LogP contribution in [-0.2, 0) is 4.79 Å². The highest BCUT2D eigenvalue weighted by atomic mass is 35.5. The van der Waals surface area contributed by atoms with Gasteiger partial charge in [0.15, 0.2) is 6.61 Å². The van der Waals surface area contributed by atoms with Crippen LogP contribution in [-0.4, -0.2) is 23.4 Å². The van der Waals surface area contributed by atoms with Gasteiger partial charge in [-0.15, -0.1) is 11.8 Å². The lowest BCUT2D eigenvalue weighted by Crippen LogP contribution is -2.09. The van der Waals surface area contributed by atoms with Crippen LogP contribution in [0.1, 0.15) is 11.1 Å². The third-order valence-electron chi connectivity index (χ3n) is 3.96. The molecule has 0 saturated heterocycles. The maximum atomic E-state index is 10.6. The molecule has 0 atom stereocenters. The molecule has 3 aromatic rings. The highest BCUT2D eigenvalue weighted by molar-refractivity contribution is 7.99. The number of rotatable bonds is 8. The minimum Gasteiger partial charge on any atom is -0.482 e. The van der Waals surface area contributed by atoms with E-state index in [1.165, 1.54) is 0 Å². The molecule has 28 heavy (non-hydrogen) atoms. The Labute approximate surface area is 173 Å². The van der Waals surface area contributed by atoms with E-state index in [1.807, 2.05) is 54.6 Å². The van der Waals surface area contributed by atoms with Crippen molar-refractivity contribution < 1.29 is 14.6 Å². The first-order valence-corrected chi connectivity index (χ1v) is 10.1. The van der Waals surface area contributed by atoms with E-state index in [4.69, 9.17) is 21.4 Å². The van der Waals surface area contributed by atoms with E-state index < -0.39 is 5.97 Å². The number of carbonyl (C=O) groups is 1. The largest absolute Gasteiger partial charge is 0.482 e. The van der Waals surface area contributed by atoms with Crippen LogP contribution in [0.25, 0.3) is 5.57 Å². The van der Waals surface area contributed by atoms with Gasteiger partial charge in [-0.1, -0.05) is 60.1 Å². The smallest absolute Gasteiger partial charge is 0.341 e. The van der Waals surface area contributed by atoms with Gasteiger partial charge >= 0.3 is 5.97 Å². The number of thioether (sulfide) groups is 1. The molecule has 0 aliphatic carbocycles. The zero-order valence-corrected chi connectivity index (χ0v) is 16.6. The van der Waals surface area contributed by atoms with Crippen molar-refractivity contribution in [1.82, 2.24) is 0 Å². The molecule has 0 radical (unpaired) electrons. The standard InChI is InChI=1S/C23H19ClO3S/c24-19-8-6-18(7-9-19)22(17-4-2-1-3-5-17)14-15-28-21-12-10-20(11-13-21)27-16-23(25)26/h1-14H,15-16H2,(H,25,26). The molecule has 1 N–H and O–H groups in total. The second-order valence-electron chi connectivity index (χ2n) is 5.96. The van der Waals surface area contributed by atoms with Crippen LogP contribution in [0.15, 0.2) is 89.8 Å². The number of benzene rings is 3. The van der Waals surface area contributed by atoms with Crippen molar-refractivity contribution >= 4 is 34.9 Å². The average molecular weight is 411 g/mol. The van der Waals surface area contributed by atoms with Crippen LogP contribution in [0.5, 0.6) is 5.75 Å². The fourth-order valence-corrected chi connectivity index (χ4v) is 3.54. The van der Waals surface area contributed by atoms with Crippen molar-refractivity contribution in [1.29, 1.82) is 0 Å². The minimum absolute atomic E-state index is 0.337. The summed E-state index contributed by atoms with van der Waals surface area (Å²) >= 11 is 7.73. The molecule has 0 fully saturated rings. The molecular formula is C23H19ClO3S. The molecule has 0 spiro atoms. The number of ether oxygens (including phenoxy) is 1. The number of hydrogen-bond donors (Lipinski definition) is 1. The Hall–Kier alpha value is -2.69. The lowest BCUT2D eigenvalue weighted by atomic mass is 9.98. The molecule has 0 aliphatic rings. The number of aliphatic carboxylic acids is 1. The Kier molecular flexibility index (Phi) is 7.18. The Morgan fingerprint density at radius 1 is 0.929 bits per heavy atom. The summed E-state index contributed by atoms with van der Waals surface area (Å²) in [4.78, 5) is 11.6. The van der Waals surface area contributed by atoms with Crippen molar-refractivity contribution in [3.63, 3.8) is 0 Å². The zero-order chi connectivity index (χ0) is 19.8. The van der Waals surface area contributed by atoms with Gasteiger partial charge in [-0.3, -0.25) is 0 Å². The van der Waals surface area contributed by atoms with Gasteiger partial charge in [0, 0.05) is 15.7 Å². The summed E-state index contributed by atoms with van der Waals surface area (Å²) in [5.41, 5.74) is 3.43. The molecule has 5 heteroatoms. The molecule has 0 amide bonds. The average Bonchev–Trinajstić information content (AvgIpc) is 2.72. The maximum absolute atomic E-state index is 10.6. The lowest BCUT2D eigenvalue weighted by Gasteiger charge is -2.09. The van der Waals surface area contributed by atoms with Crippen LogP contribution in [0.2, 0.25) is 5.02 Å². The second-order valence-corrected chi connectivity index (χ2v) is 7.49. The van der Waals surface area contributed by atoms with Gasteiger partial charge in [-0.25, -0.2) is 4.79 Å². The third kappa shape index (κ3) is 5.91. The van der Waals surface area contributed by atoms with Gasteiger partial charge in [0.2, 0.25) is 0 Å². The number of carboxylic acids is 1. The van der Waals surface area contributed by atoms with Crippen LogP contribution < -0.4 is 4.74 Å². The topological polar surface area (TPSA) is 46.5 Å². The molecule has 0 heterocycles. The van der Waals surface area contributed by atoms with E-state index in [0.717, 1.165) is 32.4 Å². The first-order valence-electron chi connectivity index (χ1n) is 8.71. The van der Waals surface area contributed by atoms with E-state index in [0.29, 0.717) is 5.75 Å². The first kappa shape index (κ1) is 20.1. The minimum atomic E-state index is -0.987. The Bertz CT molecular complexity index is 936. The lowest BCUT2D eigenvalue weighted by molar-refractivity contribution is -0.139. The van der Waals surface area contributed by atoms with Gasteiger partial charge < -0.3 is 9.84 Å². The number of carboxylic acid groups (broad SMARTS) is 1. The normalized spacial score (nSPS) is 11.2. The van der Waals surface area contributed by atoms with E-state index in [9.17, 15) is 4.79 Å². The predicted octanol–water partition coefficient (Wildman–Crippen LogP) is 6.03. The Morgan fingerprint density at radius 3 is 2.21 bits per heavy atom. The zero-order valence-electron chi connectivity index (χ0n) is 15.0. The summed E-state index contributed by atoms with van der Waals surface area (Å²) < 4.78 is 5.16. The predicted molar refractivity (Wildman–Crippen MR) is 115 cm³/mol.